The van der Waals surface area contributed by atoms with E-state index in [1.165, 1.54) is 44.9 Å². The second kappa shape index (κ2) is 6.97. The monoisotopic (exact) mass is 296 g/mol. The van der Waals surface area contributed by atoms with Gasteiger partial charge in [0.05, 0.1) is 11.7 Å². The fraction of sp³-hybridized carbons (Fsp3) is 1.00. The number of hydrogen-bond acceptors (Lipinski definition) is 3. The van der Waals surface area contributed by atoms with Crippen LogP contribution in [0.5, 0.6) is 0 Å². The molecule has 0 aromatic rings. The molecule has 2 rings (SSSR count). The molecule has 0 spiro atoms. The van der Waals surface area contributed by atoms with Crippen molar-refractivity contribution in [3.8, 4) is 0 Å². The molecule has 124 valence electrons. The van der Waals surface area contributed by atoms with E-state index in [1.54, 1.807) is 0 Å². The van der Waals surface area contributed by atoms with Gasteiger partial charge in [0.15, 0.2) is 0 Å². The van der Waals surface area contributed by atoms with Crippen LogP contribution in [0.2, 0.25) is 0 Å². The average molecular weight is 296 g/mol. The van der Waals surface area contributed by atoms with E-state index in [-0.39, 0.29) is 11.1 Å². The Bertz CT molecular complexity index is 321. The van der Waals surface area contributed by atoms with Crippen LogP contribution in [-0.4, -0.2) is 41.8 Å². The van der Waals surface area contributed by atoms with Gasteiger partial charge in [-0.15, -0.1) is 0 Å². The van der Waals surface area contributed by atoms with E-state index in [9.17, 15) is 0 Å². The molecule has 0 radical (unpaired) electrons. The van der Waals surface area contributed by atoms with Crippen molar-refractivity contribution in [2.45, 2.75) is 89.9 Å². The number of nitrogens with two attached hydrogens (primary N) is 1. The standard InChI is InChI=1S/C18H36N2O/c1-5-12-20(13-16-8-9-17(3,4)21-16)18(14-19)10-6-15(2)7-11-18/h15-16H,5-14,19H2,1-4H3. The van der Waals surface area contributed by atoms with Crippen LogP contribution in [0.25, 0.3) is 0 Å². The van der Waals surface area contributed by atoms with Gasteiger partial charge in [-0.3, -0.25) is 4.90 Å². The van der Waals surface area contributed by atoms with Gasteiger partial charge in [0, 0.05) is 18.6 Å². The molecule has 1 heterocycles. The van der Waals surface area contributed by atoms with Crippen molar-refractivity contribution >= 4 is 0 Å². The Morgan fingerprint density at radius 1 is 1.14 bits per heavy atom. The molecule has 0 bridgehead atoms. The summed E-state index contributed by atoms with van der Waals surface area (Å²) in [6.45, 7) is 12.1. The molecule has 1 atom stereocenters. The second-order valence-electron chi connectivity index (χ2n) is 8.10. The predicted molar refractivity (Wildman–Crippen MR) is 89.5 cm³/mol. The van der Waals surface area contributed by atoms with E-state index in [0.29, 0.717) is 6.10 Å². The quantitative estimate of drug-likeness (QED) is 0.814. The maximum atomic E-state index is 6.26. The summed E-state index contributed by atoms with van der Waals surface area (Å²) in [6, 6.07) is 0. The summed E-state index contributed by atoms with van der Waals surface area (Å²) in [5, 5.41) is 0. The topological polar surface area (TPSA) is 38.5 Å². The Labute approximate surface area is 131 Å². The largest absolute Gasteiger partial charge is 0.371 e. The average Bonchev–Trinajstić information content (AvgIpc) is 2.79. The normalized spacial score (nSPS) is 36.3. The van der Waals surface area contributed by atoms with Gasteiger partial charge in [-0.2, -0.15) is 0 Å². The van der Waals surface area contributed by atoms with Gasteiger partial charge in [-0.05, 0) is 71.3 Å². The van der Waals surface area contributed by atoms with Crippen LogP contribution in [0.3, 0.4) is 0 Å². The van der Waals surface area contributed by atoms with Gasteiger partial charge in [0.2, 0.25) is 0 Å². The SMILES string of the molecule is CCCN(CC1CCC(C)(C)O1)C1(CN)CCC(C)CC1. The van der Waals surface area contributed by atoms with Gasteiger partial charge in [-0.1, -0.05) is 13.8 Å². The lowest BCUT2D eigenvalue weighted by Crippen LogP contribution is -2.57. The van der Waals surface area contributed by atoms with Gasteiger partial charge in [-0.25, -0.2) is 0 Å². The van der Waals surface area contributed by atoms with Crippen LogP contribution in [0.1, 0.15) is 72.6 Å². The Balaban J connectivity index is 2.03. The Kier molecular flexibility index (Phi) is 5.72. The minimum absolute atomic E-state index is 0.0690. The lowest BCUT2D eigenvalue weighted by atomic mass is 9.75. The second-order valence-corrected chi connectivity index (χ2v) is 8.10. The highest BCUT2D eigenvalue weighted by atomic mass is 16.5. The molecule has 1 aliphatic carbocycles. The maximum absolute atomic E-state index is 6.26. The van der Waals surface area contributed by atoms with Crippen LogP contribution in [-0.2, 0) is 4.74 Å². The van der Waals surface area contributed by atoms with Crippen molar-refractivity contribution in [1.82, 2.24) is 4.90 Å². The maximum Gasteiger partial charge on any atom is 0.0710 e. The summed E-state index contributed by atoms with van der Waals surface area (Å²) in [4.78, 5) is 2.69. The third-order valence-corrected chi connectivity index (χ3v) is 5.73. The summed E-state index contributed by atoms with van der Waals surface area (Å²) < 4.78 is 6.24. The van der Waals surface area contributed by atoms with Crippen LogP contribution >= 0.6 is 0 Å². The molecule has 3 heteroatoms. The first kappa shape index (κ1) is 17.2. The molecule has 1 saturated carbocycles. The highest BCUT2D eigenvalue weighted by molar-refractivity contribution is 4.97. The Morgan fingerprint density at radius 3 is 2.29 bits per heavy atom. The first-order valence-corrected chi connectivity index (χ1v) is 9.04. The smallest absolute Gasteiger partial charge is 0.0710 e. The van der Waals surface area contributed by atoms with Crippen LogP contribution in [0, 0.1) is 5.92 Å². The molecule has 2 N–H and O–H groups in total. The van der Waals surface area contributed by atoms with Crippen molar-refractivity contribution in [2.24, 2.45) is 11.7 Å². The number of ether oxygens (including phenoxy) is 1. The molecule has 2 fully saturated rings. The predicted octanol–water partition coefficient (Wildman–Crippen LogP) is 3.56. The molecule has 1 saturated heterocycles. The van der Waals surface area contributed by atoms with Crippen molar-refractivity contribution in [3.63, 3.8) is 0 Å². The molecular weight excluding hydrogens is 260 g/mol. The lowest BCUT2D eigenvalue weighted by molar-refractivity contribution is -0.0526. The van der Waals surface area contributed by atoms with Gasteiger partial charge >= 0.3 is 0 Å². The van der Waals surface area contributed by atoms with Crippen molar-refractivity contribution < 1.29 is 4.74 Å². The molecule has 1 aliphatic heterocycles. The molecule has 21 heavy (non-hydrogen) atoms. The molecule has 2 aliphatic rings. The fourth-order valence-electron chi connectivity index (χ4n) is 4.19. The Hall–Kier alpha value is -0.120. The summed E-state index contributed by atoms with van der Waals surface area (Å²) in [5.74, 6) is 0.870. The Morgan fingerprint density at radius 2 is 1.81 bits per heavy atom. The minimum atomic E-state index is 0.0690. The number of nitrogens with zero attached hydrogens (tertiary/aromatic N) is 1. The lowest BCUT2D eigenvalue weighted by Gasteiger charge is -2.48. The molecule has 3 nitrogen and oxygen atoms in total. The molecule has 1 unspecified atom stereocenters. The number of rotatable bonds is 6. The highest BCUT2D eigenvalue weighted by Gasteiger charge is 2.41. The summed E-state index contributed by atoms with van der Waals surface area (Å²) in [6.07, 6.45) is 9.17. The first-order valence-electron chi connectivity index (χ1n) is 9.04. The minimum Gasteiger partial charge on any atom is -0.371 e. The van der Waals surface area contributed by atoms with E-state index < -0.39 is 0 Å². The molecule has 0 amide bonds. The van der Waals surface area contributed by atoms with E-state index in [0.717, 1.165) is 25.6 Å². The van der Waals surface area contributed by atoms with E-state index in [2.05, 4.69) is 32.6 Å². The number of hydrogen-bond donors (Lipinski definition) is 1. The van der Waals surface area contributed by atoms with Crippen LogP contribution in [0.4, 0.5) is 0 Å². The first-order chi connectivity index (χ1) is 9.91. The highest BCUT2D eigenvalue weighted by Crippen LogP contribution is 2.38. The van der Waals surface area contributed by atoms with Gasteiger partial charge < -0.3 is 10.5 Å². The fourth-order valence-corrected chi connectivity index (χ4v) is 4.19. The zero-order chi connectivity index (χ0) is 15.5. The van der Waals surface area contributed by atoms with Crippen molar-refractivity contribution in [1.29, 1.82) is 0 Å². The van der Waals surface area contributed by atoms with Crippen molar-refractivity contribution in [2.75, 3.05) is 19.6 Å². The third kappa shape index (κ3) is 4.20. The molecule has 0 aromatic carbocycles. The van der Waals surface area contributed by atoms with Gasteiger partial charge in [0.25, 0.3) is 0 Å². The summed E-state index contributed by atoms with van der Waals surface area (Å²) in [7, 11) is 0. The molecule has 0 aromatic heterocycles. The van der Waals surface area contributed by atoms with E-state index >= 15 is 0 Å². The van der Waals surface area contributed by atoms with Gasteiger partial charge in [0.1, 0.15) is 0 Å². The summed E-state index contributed by atoms with van der Waals surface area (Å²) >= 11 is 0. The van der Waals surface area contributed by atoms with E-state index in [1.807, 2.05) is 0 Å². The zero-order valence-corrected chi connectivity index (χ0v) is 14.7. The molecular formula is C18H36N2O. The zero-order valence-electron chi connectivity index (χ0n) is 14.7. The van der Waals surface area contributed by atoms with Crippen LogP contribution < -0.4 is 5.73 Å². The van der Waals surface area contributed by atoms with Crippen molar-refractivity contribution in [3.05, 3.63) is 0 Å². The van der Waals surface area contributed by atoms with E-state index in [4.69, 9.17) is 10.5 Å². The van der Waals surface area contributed by atoms with Crippen LogP contribution in [0.15, 0.2) is 0 Å². The summed E-state index contributed by atoms with van der Waals surface area (Å²) in [5.41, 5.74) is 6.56. The third-order valence-electron chi connectivity index (χ3n) is 5.73.